The molecule has 1 saturated carbocycles. The summed E-state index contributed by atoms with van der Waals surface area (Å²) in [5.74, 6) is 1.37. The standard InChI is InChI=1S/C14H27N3O.ClH/c1-3-11(2)13(15)14(18)17-8-6-16(7-9-17)10-12-4-5-12;/h11-13H,3-10,15H2,1-2H3;1H. The minimum Gasteiger partial charge on any atom is -0.339 e. The zero-order valence-corrected chi connectivity index (χ0v) is 13.0. The number of piperazine rings is 1. The first-order valence-corrected chi connectivity index (χ1v) is 7.38. The van der Waals surface area contributed by atoms with Crippen molar-refractivity contribution < 1.29 is 4.79 Å². The summed E-state index contributed by atoms with van der Waals surface area (Å²) in [7, 11) is 0. The lowest BCUT2D eigenvalue weighted by molar-refractivity contribution is -0.135. The molecule has 112 valence electrons. The molecule has 2 rings (SSSR count). The SMILES string of the molecule is CCC(C)C(N)C(=O)N1CCN(CC2CC2)CC1.Cl. The summed E-state index contributed by atoms with van der Waals surface area (Å²) in [6.45, 7) is 9.15. The maximum Gasteiger partial charge on any atom is 0.239 e. The van der Waals surface area contributed by atoms with Crippen LogP contribution in [0, 0.1) is 11.8 Å². The molecule has 0 spiro atoms. The third kappa shape index (κ3) is 4.62. The molecule has 2 aliphatic rings. The van der Waals surface area contributed by atoms with E-state index in [0.717, 1.165) is 38.5 Å². The molecule has 1 amide bonds. The van der Waals surface area contributed by atoms with Gasteiger partial charge in [-0.15, -0.1) is 12.4 Å². The molecule has 1 aliphatic heterocycles. The predicted molar refractivity (Wildman–Crippen MR) is 80.4 cm³/mol. The van der Waals surface area contributed by atoms with E-state index in [-0.39, 0.29) is 30.3 Å². The van der Waals surface area contributed by atoms with E-state index in [9.17, 15) is 4.79 Å². The summed E-state index contributed by atoms with van der Waals surface area (Å²) in [6.07, 6.45) is 3.77. The van der Waals surface area contributed by atoms with Crippen LogP contribution >= 0.6 is 12.4 Å². The molecule has 0 aromatic rings. The largest absolute Gasteiger partial charge is 0.339 e. The van der Waals surface area contributed by atoms with Crippen molar-refractivity contribution in [3.8, 4) is 0 Å². The van der Waals surface area contributed by atoms with Gasteiger partial charge in [-0.2, -0.15) is 0 Å². The molecule has 2 atom stereocenters. The Kier molecular flexibility index (Phi) is 6.57. The highest BCUT2D eigenvalue weighted by molar-refractivity contribution is 5.85. The van der Waals surface area contributed by atoms with Crippen LogP contribution in [0.1, 0.15) is 33.1 Å². The van der Waals surface area contributed by atoms with Crippen molar-refractivity contribution in [2.75, 3.05) is 32.7 Å². The first-order chi connectivity index (χ1) is 8.61. The van der Waals surface area contributed by atoms with Gasteiger partial charge in [-0.05, 0) is 24.7 Å². The van der Waals surface area contributed by atoms with E-state index < -0.39 is 0 Å². The monoisotopic (exact) mass is 289 g/mol. The van der Waals surface area contributed by atoms with E-state index in [2.05, 4.69) is 18.7 Å². The average Bonchev–Trinajstić information content (AvgIpc) is 3.21. The third-order valence-electron chi connectivity index (χ3n) is 4.44. The maximum absolute atomic E-state index is 12.2. The summed E-state index contributed by atoms with van der Waals surface area (Å²) in [5, 5.41) is 0. The maximum atomic E-state index is 12.2. The van der Waals surface area contributed by atoms with Crippen molar-refractivity contribution in [2.24, 2.45) is 17.6 Å². The number of rotatable bonds is 5. The number of amides is 1. The minimum atomic E-state index is -0.315. The van der Waals surface area contributed by atoms with Gasteiger partial charge in [0.2, 0.25) is 5.91 Å². The van der Waals surface area contributed by atoms with Gasteiger partial charge in [-0.25, -0.2) is 0 Å². The molecular weight excluding hydrogens is 262 g/mol. The Morgan fingerprint density at radius 3 is 2.32 bits per heavy atom. The van der Waals surface area contributed by atoms with Gasteiger partial charge in [-0.3, -0.25) is 9.69 Å². The summed E-state index contributed by atoms with van der Waals surface area (Å²) < 4.78 is 0. The quantitative estimate of drug-likeness (QED) is 0.831. The fourth-order valence-electron chi connectivity index (χ4n) is 2.52. The molecule has 1 saturated heterocycles. The van der Waals surface area contributed by atoms with Crippen molar-refractivity contribution in [3.63, 3.8) is 0 Å². The Labute approximate surface area is 123 Å². The number of nitrogens with two attached hydrogens (primary N) is 1. The van der Waals surface area contributed by atoms with Gasteiger partial charge in [0, 0.05) is 32.7 Å². The molecule has 1 aliphatic carbocycles. The molecule has 2 fully saturated rings. The average molecular weight is 290 g/mol. The highest BCUT2D eigenvalue weighted by Gasteiger charge is 2.30. The molecule has 4 nitrogen and oxygen atoms in total. The van der Waals surface area contributed by atoms with Crippen LogP contribution in [0.5, 0.6) is 0 Å². The van der Waals surface area contributed by atoms with E-state index in [1.165, 1.54) is 19.4 Å². The lowest BCUT2D eigenvalue weighted by Crippen LogP contribution is -2.54. The highest BCUT2D eigenvalue weighted by atomic mass is 35.5. The summed E-state index contributed by atoms with van der Waals surface area (Å²) in [4.78, 5) is 16.7. The minimum absolute atomic E-state index is 0. The van der Waals surface area contributed by atoms with Crippen molar-refractivity contribution >= 4 is 18.3 Å². The molecular formula is C14H28ClN3O. The van der Waals surface area contributed by atoms with Crippen LogP contribution in [0.15, 0.2) is 0 Å². The number of nitrogens with zero attached hydrogens (tertiary/aromatic N) is 2. The predicted octanol–water partition coefficient (Wildman–Crippen LogP) is 1.34. The van der Waals surface area contributed by atoms with Crippen LogP contribution in [0.25, 0.3) is 0 Å². The van der Waals surface area contributed by atoms with E-state index >= 15 is 0 Å². The smallest absolute Gasteiger partial charge is 0.239 e. The Hall–Kier alpha value is -0.320. The first kappa shape index (κ1) is 16.7. The molecule has 5 heteroatoms. The fourth-order valence-corrected chi connectivity index (χ4v) is 2.52. The van der Waals surface area contributed by atoms with Crippen molar-refractivity contribution in [1.29, 1.82) is 0 Å². The normalized spacial score (nSPS) is 23.6. The van der Waals surface area contributed by atoms with E-state index in [1.807, 2.05) is 4.90 Å². The van der Waals surface area contributed by atoms with Crippen molar-refractivity contribution in [3.05, 3.63) is 0 Å². The van der Waals surface area contributed by atoms with Crippen LogP contribution in [-0.4, -0.2) is 54.5 Å². The van der Waals surface area contributed by atoms with Gasteiger partial charge in [0.15, 0.2) is 0 Å². The Morgan fingerprint density at radius 2 is 1.84 bits per heavy atom. The zero-order chi connectivity index (χ0) is 13.1. The molecule has 0 radical (unpaired) electrons. The summed E-state index contributed by atoms with van der Waals surface area (Å²) in [5.41, 5.74) is 6.02. The second-order valence-electron chi connectivity index (χ2n) is 5.98. The molecule has 0 aromatic carbocycles. The van der Waals surface area contributed by atoms with Gasteiger partial charge in [-0.1, -0.05) is 20.3 Å². The van der Waals surface area contributed by atoms with Gasteiger partial charge in [0.05, 0.1) is 6.04 Å². The molecule has 19 heavy (non-hydrogen) atoms. The Morgan fingerprint density at radius 1 is 1.26 bits per heavy atom. The number of carbonyl (C=O) groups is 1. The van der Waals surface area contributed by atoms with E-state index in [0.29, 0.717) is 0 Å². The second kappa shape index (κ2) is 7.46. The van der Waals surface area contributed by atoms with Crippen LogP contribution in [-0.2, 0) is 4.79 Å². The zero-order valence-electron chi connectivity index (χ0n) is 12.2. The van der Waals surface area contributed by atoms with Gasteiger partial charge >= 0.3 is 0 Å². The first-order valence-electron chi connectivity index (χ1n) is 7.38. The van der Waals surface area contributed by atoms with Gasteiger partial charge in [0.25, 0.3) is 0 Å². The van der Waals surface area contributed by atoms with Crippen LogP contribution in [0.3, 0.4) is 0 Å². The second-order valence-corrected chi connectivity index (χ2v) is 5.98. The summed E-state index contributed by atoms with van der Waals surface area (Å²) >= 11 is 0. The Balaban J connectivity index is 0.00000180. The molecule has 1 heterocycles. The Bertz CT molecular complexity index is 288. The topological polar surface area (TPSA) is 49.6 Å². The van der Waals surface area contributed by atoms with Crippen LogP contribution < -0.4 is 5.73 Å². The molecule has 2 N–H and O–H groups in total. The lowest BCUT2D eigenvalue weighted by Gasteiger charge is -2.36. The van der Waals surface area contributed by atoms with Crippen molar-refractivity contribution in [1.82, 2.24) is 9.80 Å². The number of hydrogen-bond acceptors (Lipinski definition) is 3. The molecule has 0 aromatic heterocycles. The van der Waals surface area contributed by atoms with E-state index in [1.54, 1.807) is 0 Å². The number of hydrogen-bond donors (Lipinski definition) is 1. The van der Waals surface area contributed by atoms with Gasteiger partial charge < -0.3 is 10.6 Å². The van der Waals surface area contributed by atoms with Gasteiger partial charge in [0.1, 0.15) is 0 Å². The summed E-state index contributed by atoms with van der Waals surface area (Å²) in [6, 6.07) is -0.315. The van der Waals surface area contributed by atoms with Crippen LogP contribution in [0.2, 0.25) is 0 Å². The van der Waals surface area contributed by atoms with E-state index in [4.69, 9.17) is 5.73 Å². The molecule has 2 unspecified atom stereocenters. The van der Waals surface area contributed by atoms with Crippen molar-refractivity contribution in [2.45, 2.75) is 39.2 Å². The highest BCUT2D eigenvalue weighted by Crippen LogP contribution is 2.29. The third-order valence-corrected chi connectivity index (χ3v) is 4.44. The van der Waals surface area contributed by atoms with Crippen LogP contribution in [0.4, 0.5) is 0 Å². The lowest BCUT2D eigenvalue weighted by atomic mass is 9.98. The molecule has 0 bridgehead atoms. The fraction of sp³-hybridized carbons (Fsp3) is 0.929. The number of carbonyl (C=O) groups excluding carboxylic acids is 1. The number of halogens is 1.